The normalized spacial score (nSPS) is 29.7. The molecule has 7 heteroatoms. The lowest BCUT2D eigenvalue weighted by Gasteiger charge is -2.19. The molecule has 2 fully saturated rings. The van der Waals surface area contributed by atoms with E-state index in [2.05, 4.69) is 10.3 Å². The van der Waals surface area contributed by atoms with Crippen LogP contribution in [0.15, 0.2) is 24.5 Å². The van der Waals surface area contributed by atoms with Crippen LogP contribution in [-0.2, 0) is 7.05 Å². The third-order valence-electron chi connectivity index (χ3n) is 5.99. The van der Waals surface area contributed by atoms with Crippen molar-refractivity contribution in [3.63, 3.8) is 0 Å². The van der Waals surface area contributed by atoms with Crippen LogP contribution in [0.25, 0.3) is 0 Å². The molecule has 0 aliphatic heterocycles. The highest BCUT2D eigenvalue weighted by Gasteiger charge is 2.47. The number of carbonyl (C=O) groups excluding carboxylic acids is 1. The molecule has 0 radical (unpaired) electrons. The first-order chi connectivity index (χ1) is 12.7. The van der Waals surface area contributed by atoms with Crippen LogP contribution in [0.5, 0.6) is 0 Å². The quantitative estimate of drug-likeness (QED) is 0.827. The molecule has 1 aromatic heterocycles. The van der Waals surface area contributed by atoms with Crippen LogP contribution in [0, 0.1) is 17.7 Å². The minimum absolute atomic E-state index is 0.0336. The Morgan fingerprint density at radius 1 is 1.37 bits per heavy atom. The van der Waals surface area contributed by atoms with Crippen LogP contribution in [0.2, 0.25) is 5.02 Å². The summed E-state index contributed by atoms with van der Waals surface area (Å²) in [6.07, 6.45) is 5.18. The van der Waals surface area contributed by atoms with Gasteiger partial charge in [0.2, 0.25) is 0 Å². The number of benzene rings is 1. The number of aromatic nitrogens is 2. The molecule has 2 aliphatic carbocycles. The number of amides is 1. The Bertz CT molecular complexity index is 879. The molecular weight excluding hydrogens is 369 g/mol. The van der Waals surface area contributed by atoms with Crippen molar-refractivity contribution in [2.45, 2.75) is 44.1 Å². The standard InChI is InChI=1S/C20H23ClFN3O2/c1-20(27)8-12-5-11(6-13(12)9-20)17-18(25(2)10-23-17)19(26)24-14-3-4-16(22)15(21)7-14/h3-4,7,10-13,27H,5-6,8-9H2,1-2H3,(H,24,26). The molecule has 0 spiro atoms. The maximum atomic E-state index is 13.3. The predicted octanol–water partition coefficient (Wildman–Crippen LogP) is 4.12. The number of nitrogens with zero attached hydrogens (tertiary/aromatic N) is 2. The highest BCUT2D eigenvalue weighted by Crippen LogP contribution is 2.53. The van der Waals surface area contributed by atoms with E-state index in [1.54, 1.807) is 17.9 Å². The number of nitrogens with one attached hydrogen (secondary N) is 1. The fraction of sp³-hybridized carbons (Fsp3) is 0.500. The third-order valence-corrected chi connectivity index (χ3v) is 6.28. The fourth-order valence-corrected chi connectivity index (χ4v) is 5.12. The molecule has 4 rings (SSSR count). The van der Waals surface area contributed by atoms with Gasteiger partial charge in [0.25, 0.3) is 5.91 Å². The second-order valence-corrected chi connectivity index (χ2v) is 8.67. The molecule has 1 aromatic carbocycles. The predicted molar refractivity (Wildman–Crippen MR) is 101 cm³/mol. The number of anilines is 1. The van der Waals surface area contributed by atoms with Crippen molar-refractivity contribution in [3.8, 4) is 0 Å². The van der Waals surface area contributed by atoms with Crippen LogP contribution in [0.3, 0.4) is 0 Å². The SMILES string of the molecule is Cn1cnc(C2CC3CC(C)(O)CC3C2)c1C(=O)Nc1ccc(F)c(Cl)c1. The summed E-state index contributed by atoms with van der Waals surface area (Å²) in [6, 6.07) is 4.11. The van der Waals surface area contributed by atoms with Crippen LogP contribution in [0.1, 0.15) is 54.7 Å². The van der Waals surface area contributed by atoms with Crippen LogP contribution < -0.4 is 5.32 Å². The summed E-state index contributed by atoms with van der Waals surface area (Å²) in [5.41, 5.74) is 1.20. The van der Waals surface area contributed by atoms with E-state index in [1.807, 2.05) is 6.92 Å². The van der Waals surface area contributed by atoms with E-state index < -0.39 is 11.4 Å². The molecule has 2 N–H and O–H groups in total. The Balaban J connectivity index is 1.54. The average molecular weight is 392 g/mol. The maximum absolute atomic E-state index is 13.3. The zero-order chi connectivity index (χ0) is 19.3. The van der Waals surface area contributed by atoms with Crippen molar-refractivity contribution >= 4 is 23.2 Å². The fourth-order valence-electron chi connectivity index (χ4n) is 4.94. The van der Waals surface area contributed by atoms with Gasteiger partial charge in [-0.2, -0.15) is 0 Å². The van der Waals surface area contributed by atoms with E-state index in [1.165, 1.54) is 18.2 Å². The molecular formula is C20H23ClFN3O2. The Kier molecular flexibility index (Phi) is 4.51. The molecule has 2 atom stereocenters. The molecule has 5 nitrogen and oxygen atoms in total. The summed E-state index contributed by atoms with van der Waals surface area (Å²) >= 11 is 5.80. The molecule has 2 aliphatic rings. The topological polar surface area (TPSA) is 67.1 Å². The van der Waals surface area contributed by atoms with E-state index in [0.717, 1.165) is 31.4 Å². The largest absolute Gasteiger partial charge is 0.390 e. The molecule has 27 heavy (non-hydrogen) atoms. The zero-order valence-corrected chi connectivity index (χ0v) is 16.1. The van der Waals surface area contributed by atoms with Crippen LogP contribution in [-0.4, -0.2) is 26.2 Å². The van der Waals surface area contributed by atoms with Crippen molar-refractivity contribution in [3.05, 3.63) is 46.8 Å². The maximum Gasteiger partial charge on any atom is 0.274 e. The second-order valence-electron chi connectivity index (χ2n) is 8.27. The molecule has 1 amide bonds. The van der Waals surface area contributed by atoms with Crippen molar-refractivity contribution in [2.24, 2.45) is 18.9 Å². The van der Waals surface area contributed by atoms with Gasteiger partial charge < -0.3 is 15.0 Å². The molecule has 0 bridgehead atoms. The van der Waals surface area contributed by atoms with Crippen LogP contribution >= 0.6 is 11.6 Å². The lowest BCUT2D eigenvalue weighted by molar-refractivity contribution is 0.0579. The summed E-state index contributed by atoms with van der Waals surface area (Å²) in [5, 5.41) is 13.0. The minimum atomic E-state index is -0.563. The molecule has 2 aromatic rings. The van der Waals surface area contributed by atoms with Gasteiger partial charge in [-0.3, -0.25) is 4.79 Å². The zero-order valence-electron chi connectivity index (χ0n) is 15.4. The first-order valence-electron chi connectivity index (χ1n) is 9.23. The molecule has 144 valence electrons. The summed E-state index contributed by atoms with van der Waals surface area (Å²) in [6.45, 7) is 1.91. The highest BCUT2D eigenvalue weighted by atomic mass is 35.5. The van der Waals surface area contributed by atoms with E-state index in [4.69, 9.17) is 11.6 Å². The van der Waals surface area contributed by atoms with Gasteiger partial charge in [-0.15, -0.1) is 0 Å². The number of carbonyl (C=O) groups is 1. The number of hydrogen-bond donors (Lipinski definition) is 2. The third kappa shape index (κ3) is 3.48. The number of imidazole rings is 1. The van der Waals surface area contributed by atoms with Gasteiger partial charge >= 0.3 is 0 Å². The van der Waals surface area contributed by atoms with Gasteiger partial charge in [0.15, 0.2) is 0 Å². The van der Waals surface area contributed by atoms with Crippen molar-refractivity contribution in [2.75, 3.05) is 5.32 Å². The Morgan fingerprint density at radius 3 is 2.67 bits per heavy atom. The van der Waals surface area contributed by atoms with Gasteiger partial charge in [0.05, 0.1) is 22.6 Å². The first kappa shape index (κ1) is 18.4. The van der Waals surface area contributed by atoms with E-state index in [-0.39, 0.29) is 16.8 Å². The van der Waals surface area contributed by atoms with Gasteiger partial charge in [0.1, 0.15) is 11.5 Å². The second kappa shape index (κ2) is 6.60. The van der Waals surface area contributed by atoms with E-state index >= 15 is 0 Å². The molecule has 0 saturated heterocycles. The van der Waals surface area contributed by atoms with Gasteiger partial charge in [-0.05, 0) is 62.6 Å². The highest BCUT2D eigenvalue weighted by molar-refractivity contribution is 6.31. The van der Waals surface area contributed by atoms with E-state index in [0.29, 0.717) is 23.2 Å². The Morgan fingerprint density at radius 2 is 2.04 bits per heavy atom. The minimum Gasteiger partial charge on any atom is -0.390 e. The molecule has 1 heterocycles. The van der Waals surface area contributed by atoms with Crippen molar-refractivity contribution < 1.29 is 14.3 Å². The monoisotopic (exact) mass is 391 g/mol. The number of aryl methyl sites for hydroxylation is 1. The Hall–Kier alpha value is -1.92. The van der Waals surface area contributed by atoms with Gasteiger partial charge in [0, 0.05) is 18.7 Å². The van der Waals surface area contributed by atoms with E-state index in [9.17, 15) is 14.3 Å². The van der Waals surface area contributed by atoms with Gasteiger partial charge in [-0.1, -0.05) is 11.6 Å². The number of aliphatic hydroxyl groups is 1. The number of rotatable bonds is 3. The number of halogens is 2. The lowest BCUT2D eigenvalue weighted by Crippen LogP contribution is -2.21. The number of hydrogen-bond acceptors (Lipinski definition) is 3. The van der Waals surface area contributed by atoms with Crippen molar-refractivity contribution in [1.29, 1.82) is 0 Å². The van der Waals surface area contributed by atoms with Crippen LogP contribution in [0.4, 0.5) is 10.1 Å². The summed E-state index contributed by atoms with van der Waals surface area (Å²) in [5.74, 6) is 0.383. The molecule has 2 saturated carbocycles. The van der Waals surface area contributed by atoms with Crippen molar-refractivity contribution in [1.82, 2.24) is 9.55 Å². The summed E-state index contributed by atoms with van der Waals surface area (Å²) in [7, 11) is 1.80. The average Bonchev–Trinajstić information content (AvgIpc) is 3.21. The summed E-state index contributed by atoms with van der Waals surface area (Å²) < 4.78 is 15.1. The van der Waals surface area contributed by atoms with Gasteiger partial charge in [-0.25, -0.2) is 9.37 Å². The lowest BCUT2D eigenvalue weighted by atomic mass is 9.93. The molecule has 2 unspecified atom stereocenters. The summed E-state index contributed by atoms with van der Waals surface area (Å²) in [4.78, 5) is 17.4. The first-order valence-corrected chi connectivity index (χ1v) is 9.61. The smallest absolute Gasteiger partial charge is 0.274 e. The number of fused-ring (bicyclic) bond motifs is 1. The Labute approximate surface area is 162 Å².